The Labute approximate surface area is 106 Å². The van der Waals surface area contributed by atoms with Crippen molar-refractivity contribution in [2.75, 3.05) is 0 Å². The molecule has 2 atom stereocenters. The minimum absolute atomic E-state index is 0.0288. The van der Waals surface area contributed by atoms with E-state index in [9.17, 15) is 4.79 Å². The number of benzene rings is 1. The van der Waals surface area contributed by atoms with Crippen LogP contribution in [0.15, 0.2) is 42.7 Å². The minimum atomic E-state index is -0.310. The molecule has 0 saturated heterocycles. The molecule has 1 aromatic carbocycles. The van der Waals surface area contributed by atoms with Crippen LogP contribution in [0.5, 0.6) is 0 Å². The van der Waals surface area contributed by atoms with Crippen LogP contribution in [0.1, 0.15) is 29.1 Å². The summed E-state index contributed by atoms with van der Waals surface area (Å²) in [4.78, 5) is 16.3. The number of carbonyl (C=O) groups is 1. The number of hydrogen-bond donors (Lipinski definition) is 1. The highest BCUT2D eigenvalue weighted by atomic mass is 16.1. The highest BCUT2D eigenvalue weighted by Gasteiger charge is 2.25. The van der Waals surface area contributed by atoms with Crippen molar-refractivity contribution in [2.45, 2.75) is 13.0 Å². The second kappa shape index (κ2) is 5.14. The van der Waals surface area contributed by atoms with Gasteiger partial charge >= 0.3 is 0 Å². The summed E-state index contributed by atoms with van der Waals surface area (Å²) in [7, 11) is 1.81. The van der Waals surface area contributed by atoms with Crippen LogP contribution in [0.3, 0.4) is 0 Å². The van der Waals surface area contributed by atoms with E-state index >= 15 is 0 Å². The van der Waals surface area contributed by atoms with Gasteiger partial charge < -0.3 is 10.3 Å². The predicted molar refractivity (Wildman–Crippen MR) is 70.1 cm³/mol. The molecule has 4 nitrogen and oxygen atoms in total. The van der Waals surface area contributed by atoms with Crippen LogP contribution < -0.4 is 5.73 Å². The molecule has 94 valence electrons. The number of hydrogen-bond acceptors (Lipinski definition) is 3. The van der Waals surface area contributed by atoms with E-state index in [2.05, 4.69) is 4.98 Å². The van der Waals surface area contributed by atoms with Gasteiger partial charge in [-0.15, -0.1) is 0 Å². The quantitative estimate of drug-likeness (QED) is 0.835. The summed E-state index contributed by atoms with van der Waals surface area (Å²) < 4.78 is 1.72. The van der Waals surface area contributed by atoms with Crippen LogP contribution in [0.4, 0.5) is 0 Å². The Hall–Kier alpha value is -1.94. The van der Waals surface area contributed by atoms with Crippen LogP contribution in [0.2, 0.25) is 0 Å². The molecule has 0 aliphatic rings. The summed E-state index contributed by atoms with van der Waals surface area (Å²) in [6.45, 7) is 1.84. The van der Waals surface area contributed by atoms with Crippen molar-refractivity contribution in [3.05, 3.63) is 54.1 Å². The summed E-state index contributed by atoms with van der Waals surface area (Å²) in [5.74, 6) is 0.126. The molecule has 0 bridgehead atoms. The van der Waals surface area contributed by atoms with Crippen molar-refractivity contribution in [3.8, 4) is 0 Å². The third kappa shape index (κ3) is 2.33. The molecule has 0 radical (unpaired) electrons. The lowest BCUT2D eigenvalue weighted by Crippen LogP contribution is -2.27. The van der Waals surface area contributed by atoms with Crippen LogP contribution in [0, 0.1) is 5.92 Å². The molecule has 0 fully saturated rings. The van der Waals surface area contributed by atoms with Crippen LogP contribution in [0.25, 0.3) is 0 Å². The van der Waals surface area contributed by atoms with E-state index in [1.807, 2.05) is 37.3 Å². The van der Waals surface area contributed by atoms with Gasteiger partial charge in [-0.05, 0) is 5.56 Å². The average Bonchev–Trinajstić information content (AvgIpc) is 2.83. The second-order valence-corrected chi connectivity index (χ2v) is 4.45. The number of ketones is 1. The van der Waals surface area contributed by atoms with Crippen molar-refractivity contribution in [2.24, 2.45) is 18.7 Å². The molecule has 2 N–H and O–H groups in total. The number of aryl methyl sites for hydroxylation is 1. The molecule has 2 rings (SSSR count). The zero-order chi connectivity index (χ0) is 13.1. The van der Waals surface area contributed by atoms with Crippen LogP contribution >= 0.6 is 0 Å². The first-order valence-corrected chi connectivity index (χ1v) is 5.93. The normalized spacial score (nSPS) is 14.2. The lowest BCUT2D eigenvalue weighted by molar-refractivity contribution is 0.0899. The van der Waals surface area contributed by atoms with Crippen molar-refractivity contribution < 1.29 is 4.79 Å². The molecule has 0 aliphatic carbocycles. The molecule has 1 heterocycles. The smallest absolute Gasteiger partial charge is 0.202 e. The summed E-state index contributed by atoms with van der Waals surface area (Å²) >= 11 is 0. The third-order valence-corrected chi connectivity index (χ3v) is 3.18. The molecule has 1 aromatic heterocycles. The molecule has 0 saturated carbocycles. The highest BCUT2D eigenvalue weighted by molar-refractivity contribution is 5.95. The SMILES string of the molecule is CC(C(=O)c1nccn1C)C(N)c1ccccc1. The Morgan fingerprint density at radius 3 is 2.56 bits per heavy atom. The van der Waals surface area contributed by atoms with Crippen LogP contribution in [-0.4, -0.2) is 15.3 Å². The molecular weight excluding hydrogens is 226 g/mol. The molecule has 2 unspecified atom stereocenters. The van der Waals surface area contributed by atoms with Gasteiger partial charge in [0.05, 0.1) is 0 Å². The monoisotopic (exact) mass is 243 g/mol. The lowest BCUT2D eigenvalue weighted by Gasteiger charge is -2.18. The van der Waals surface area contributed by atoms with Gasteiger partial charge in [-0.25, -0.2) is 4.98 Å². The van der Waals surface area contributed by atoms with Gasteiger partial charge in [-0.3, -0.25) is 4.79 Å². The predicted octanol–water partition coefficient (Wildman–Crippen LogP) is 1.94. The summed E-state index contributed by atoms with van der Waals surface area (Å²) in [6, 6.07) is 9.34. The Bertz CT molecular complexity index is 533. The summed E-state index contributed by atoms with van der Waals surface area (Å²) in [5, 5.41) is 0. The Morgan fingerprint density at radius 1 is 1.33 bits per heavy atom. The number of nitrogens with two attached hydrogens (primary N) is 1. The van der Waals surface area contributed by atoms with E-state index in [0.717, 1.165) is 5.56 Å². The highest BCUT2D eigenvalue weighted by Crippen LogP contribution is 2.21. The topological polar surface area (TPSA) is 60.9 Å². The third-order valence-electron chi connectivity index (χ3n) is 3.18. The summed E-state index contributed by atoms with van der Waals surface area (Å²) in [5.41, 5.74) is 7.10. The molecule has 0 spiro atoms. The number of carbonyl (C=O) groups excluding carboxylic acids is 1. The zero-order valence-electron chi connectivity index (χ0n) is 10.6. The molecule has 18 heavy (non-hydrogen) atoms. The second-order valence-electron chi connectivity index (χ2n) is 4.45. The first-order valence-electron chi connectivity index (χ1n) is 5.93. The van der Waals surface area contributed by atoms with Gasteiger partial charge in [-0.2, -0.15) is 0 Å². The van der Waals surface area contributed by atoms with Gasteiger partial charge in [0, 0.05) is 31.4 Å². The van der Waals surface area contributed by atoms with E-state index in [0.29, 0.717) is 5.82 Å². The molecular formula is C14H17N3O. The fraction of sp³-hybridized carbons (Fsp3) is 0.286. The summed E-state index contributed by atoms with van der Waals surface area (Å²) in [6.07, 6.45) is 3.38. The maximum Gasteiger partial charge on any atom is 0.202 e. The van der Waals surface area contributed by atoms with Crippen LogP contribution in [-0.2, 0) is 7.05 Å². The van der Waals surface area contributed by atoms with E-state index in [-0.39, 0.29) is 17.7 Å². The maximum absolute atomic E-state index is 12.3. The largest absolute Gasteiger partial charge is 0.332 e. The van der Waals surface area contributed by atoms with Crippen molar-refractivity contribution in [3.63, 3.8) is 0 Å². The Morgan fingerprint density at radius 2 is 2.00 bits per heavy atom. The number of imidazole rings is 1. The van der Waals surface area contributed by atoms with E-state index in [4.69, 9.17) is 5.73 Å². The zero-order valence-corrected chi connectivity index (χ0v) is 10.6. The van der Waals surface area contributed by atoms with E-state index in [1.54, 1.807) is 24.0 Å². The number of Topliss-reactive ketones (excluding diaryl/α,β-unsaturated/α-hetero) is 1. The standard InChI is InChI=1S/C14H17N3O/c1-10(12(15)11-6-4-3-5-7-11)13(18)14-16-8-9-17(14)2/h3-10,12H,15H2,1-2H3. The first kappa shape index (κ1) is 12.5. The first-order chi connectivity index (χ1) is 8.61. The van der Waals surface area contributed by atoms with Crippen molar-refractivity contribution >= 4 is 5.78 Å². The number of aromatic nitrogens is 2. The van der Waals surface area contributed by atoms with Crippen molar-refractivity contribution in [1.29, 1.82) is 0 Å². The molecule has 2 aromatic rings. The minimum Gasteiger partial charge on any atom is -0.332 e. The lowest BCUT2D eigenvalue weighted by atomic mass is 9.91. The molecule has 4 heteroatoms. The number of nitrogens with zero attached hydrogens (tertiary/aromatic N) is 2. The average molecular weight is 243 g/mol. The fourth-order valence-electron chi connectivity index (χ4n) is 1.93. The Balaban J connectivity index is 2.20. The van der Waals surface area contributed by atoms with Gasteiger partial charge in [0.2, 0.25) is 5.78 Å². The van der Waals surface area contributed by atoms with E-state index < -0.39 is 0 Å². The molecule has 0 aliphatic heterocycles. The number of rotatable bonds is 4. The van der Waals surface area contributed by atoms with Gasteiger partial charge in [0.15, 0.2) is 5.82 Å². The van der Waals surface area contributed by atoms with Crippen molar-refractivity contribution in [1.82, 2.24) is 9.55 Å². The Kier molecular flexibility index (Phi) is 3.58. The fourth-order valence-corrected chi connectivity index (χ4v) is 1.93. The van der Waals surface area contributed by atoms with Gasteiger partial charge in [0.25, 0.3) is 0 Å². The van der Waals surface area contributed by atoms with Gasteiger partial charge in [-0.1, -0.05) is 37.3 Å². The van der Waals surface area contributed by atoms with Gasteiger partial charge in [0.1, 0.15) is 0 Å². The maximum atomic E-state index is 12.3. The molecule has 0 amide bonds. The van der Waals surface area contributed by atoms with E-state index in [1.165, 1.54) is 0 Å².